The molecule has 0 aliphatic rings. The average molecular weight is 467 g/mol. The second kappa shape index (κ2) is 29.4. The Kier molecular flexibility index (Phi) is 39.0. The lowest BCUT2D eigenvalue weighted by molar-refractivity contribution is -0.864. The van der Waals surface area contributed by atoms with E-state index in [0.717, 1.165) is 20.8 Å². The Labute approximate surface area is 185 Å². The maximum Gasteiger partial charge on any atom is 0.118 e. The van der Waals surface area contributed by atoms with Crippen LogP contribution in [0.5, 0.6) is 0 Å². The highest BCUT2D eigenvalue weighted by Gasteiger charge is 2.04. The SMILES string of the molecule is CC(=O)[O-].CC(=O)[O-].CC(=O)[O-].COCC(=O)[O-].C[N+](C)(C)CC(=O)[O-].N#CCC(=O)[O-]. The van der Waals surface area contributed by atoms with Gasteiger partial charge in [-0.3, -0.25) is 0 Å². The molecule has 0 rings (SSSR count). The molecule has 188 valence electrons. The van der Waals surface area contributed by atoms with Crippen molar-refractivity contribution in [3.63, 3.8) is 0 Å². The van der Waals surface area contributed by atoms with Gasteiger partial charge in [0, 0.05) is 25.0 Å². The second-order valence-electron chi connectivity index (χ2n) is 5.81. The first-order valence-electron chi connectivity index (χ1n) is 7.94. The van der Waals surface area contributed by atoms with Crippen molar-refractivity contribution in [1.29, 1.82) is 5.26 Å². The Morgan fingerprint density at radius 3 is 1.00 bits per heavy atom. The van der Waals surface area contributed by atoms with Crippen LogP contribution in [0, 0.1) is 11.3 Å². The third-order valence-corrected chi connectivity index (χ3v) is 1.09. The Hall–Kier alpha value is -3.77. The third-order valence-electron chi connectivity index (χ3n) is 1.09. The van der Waals surface area contributed by atoms with Gasteiger partial charge >= 0.3 is 0 Å². The Morgan fingerprint density at radius 1 is 0.719 bits per heavy atom. The van der Waals surface area contributed by atoms with Gasteiger partial charge in [0.1, 0.15) is 6.54 Å². The van der Waals surface area contributed by atoms with E-state index in [4.69, 9.17) is 35.0 Å². The first-order valence-corrected chi connectivity index (χ1v) is 7.94. The molecule has 15 heteroatoms. The van der Waals surface area contributed by atoms with Crippen LogP contribution in [0.3, 0.4) is 0 Å². The lowest BCUT2D eigenvalue weighted by Gasteiger charge is -2.23. The number of carbonyl (C=O) groups is 6. The first kappa shape index (κ1) is 42.4. The fourth-order valence-electron chi connectivity index (χ4n) is 0.570. The van der Waals surface area contributed by atoms with E-state index in [1.54, 1.807) is 21.1 Å². The molecule has 0 saturated heterocycles. The van der Waals surface area contributed by atoms with Crippen LogP contribution in [0.4, 0.5) is 0 Å². The van der Waals surface area contributed by atoms with Gasteiger partial charge in [-0.15, -0.1) is 0 Å². The summed E-state index contributed by atoms with van der Waals surface area (Å²) in [5.74, 6) is -6.76. The normalized spacial score (nSPS) is 7.94. The third kappa shape index (κ3) is 319. The molecule has 0 aliphatic carbocycles. The molecule has 32 heavy (non-hydrogen) atoms. The molecule has 0 spiro atoms. The number of carboxylic acid groups (broad SMARTS) is 6. The monoisotopic (exact) mass is 467 g/mol. The quantitative estimate of drug-likeness (QED) is 0.339. The predicted octanol–water partition coefficient (Wildman–Crippen LogP) is -8.26. The van der Waals surface area contributed by atoms with Crippen LogP contribution < -0.4 is 30.6 Å². The maximum atomic E-state index is 9.89. The van der Waals surface area contributed by atoms with Gasteiger partial charge in [-0.05, 0) is 20.8 Å². The van der Waals surface area contributed by atoms with E-state index < -0.39 is 42.2 Å². The fourth-order valence-corrected chi connectivity index (χ4v) is 0.570. The molecule has 15 nitrogen and oxygen atoms in total. The molecule has 0 aliphatic heterocycles. The zero-order chi connectivity index (χ0) is 27.5. The van der Waals surface area contributed by atoms with Gasteiger partial charge in [-0.25, -0.2) is 0 Å². The van der Waals surface area contributed by atoms with Gasteiger partial charge in [0.15, 0.2) is 0 Å². The van der Waals surface area contributed by atoms with E-state index in [-0.39, 0.29) is 13.2 Å². The second-order valence-corrected chi connectivity index (χ2v) is 5.81. The van der Waals surface area contributed by atoms with E-state index in [1.165, 1.54) is 13.2 Å². The Bertz CT molecular complexity index is 550. The summed E-state index contributed by atoms with van der Waals surface area (Å²) < 4.78 is 4.56. The van der Waals surface area contributed by atoms with Gasteiger partial charge < -0.3 is 68.6 Å². The molecular weight excluding hydrogens is 440 g/mol. The summed E-state index contributed by atoms with van der Waals surface area (Å²) >= 11 is 0. The van der Waals surface area contributed by atoms with Crippen LogP contribution in [-0.2, 0) is 33.5 Å². The minimum atomic E-state index is -1.32. The van der Waals surface area contributed by atoms with Crippen molar-refractivity contribution >= 4 is 35.8 Å². The van der Waals surface area contributed by atoms with Crippen molar-refractivity contribution in [3.05, 3.63) is 0 Å². The molecule has 0 bridgehead atoms. The van der Waals surface area contributed by atoms with Gasteiger partial charge in [0.25, 0.3) is 0 Å². The summed E-state index contributed by atoms with van der Waals surface area (Å²) in [5, 5.41) is 62.7. The lowest BCUT2D eigenvalue weighted by Crippen LogP contribution is -2.45. The molecule has 0 atom stereocenters. The maximum absolute atomic E-state index is 9.89. The number of aliphatic carboxylic acids is 6. The number of methoxy groups -OCH3 is 1. The molecule has 0 amide bonds. The molecule has 0 saturated carbocycles. The average Bonchev–Trinajstić information content (AvgIpc) is 2.43. The predicted molar refractivity (Wildman–Crippen MR) is 92.1 cm³/mol. The first-order chi connectivity index (χ1) is 14.2. The highest BCUT2D eigenvalue weighted by Crippen LogP contribution is 1.84. The largest absolute Gasteiger partial charge is 0.550 e. The van der Waals surface area contributed by atoms with Crippen molar-refractivity contribution in [2.45, 2.75) is 27.2 Å². The van der Waals surface area contributed by atoms with E-state index in [9.17, 15) is 29.7 Å². The molecule has 0 unspecified atom stereocenters. The molecule has 0 fully saturated rings. The summed E-state index contributed by atoms with van der Waals surface area (Å²) in [6.07, 6.45) is -0.514. The lowest BCUT2D eigenvalue weighted by atomic mass is 10.5. The van der Waals surface area contributed by atoms with Crippen molar-refractivity contribution in [3.8, 4) is 6.07 Å². The summed E-state index contributed by atoms with van der Waals surface area (Å²) in [5.41, 5.74) is 0. The van der Waals surface area contributed by atoms with E-state index >= 15 is 0 Å². The molecule has 0 heterocycles. The van der Waals surface area contributed by atoms with Gasteiger partial charge in [-0.1, -0.05) is 0 Å². The number of carbonyl (C=O) groups excluding carboxylic acids is 6. The number of rotatable bonds is 5. The fraction of sp³-hybridized carbons (Fsp3) is 0.588. The van der Waals surface area contributed by atoms with Crippen LogP contribution >= 0.6 is 0 Å². The van der Waals surface area contributed by atoms with E-state index in [1.807, 2.05) is 0 Å². The van der Waals surface area contributed by atoms with Crippen molar-refractivity contribution in [1.82, 2.24) is 0 Å². The van der Waals surface area contributed by atoms with Crippen molar-refractivity contribution in [2.24, 2.45) is 0 Å². The molecule has 0 N–H and O–H groups in total. The Morgan fingerprint density at radius 2 is 1.00 bits per heavy atom. The molecular formula is C17H27N2O13-5. The number of carboxylic acids is 6. The molecule has 0 aromatic heterocycles. The highest BCUT2D eigenvalue weighted by molar-refractivity contribution is 5.66. The molecule has 0 aromatic rings. The minimum Gasteiger partial charge on any atom is -0.550 e. The zero-order valence-electron chi connectivity index (χ0n) is 18.8. The number of nitriles is 1. The number of hydrogen-bond donors (Lipinski definition) is 0. The number of hydrogen-bond acceptors (Lipinski definition) is 14. The minimum absolute atomic E-state index is 0.0694. The van der Waals surface area contributed by atoms with Crippen LogP contribution in [0.2, 0.25) is 0 Å². The smallest absolute Gasteiger partial charge is 0.118 e. The van der Waals surface area contributed by atoms with Crippen molar-refractivity contribution < 1.29 is 68.6 Å². The zero-order valence-corrected chi connectivity index (χ0v) is 18.8. The van der Waals surface area contributed by atoms with Gasteiger partial charge in [0.2, 0.25) is 0 Å². The number of ether oxygens (including phenoxy) is 1. The molecule has 0 aromatic carbocycles. The van der Waals surface area contributed by atoms with E-state index in [0.29, 0.717) is 4.48 Å². The van der Waals surface area contributed by atoms with Crippen LogP contribution in [-0.4, -0.2) is 81.7 Å². The van der Waals surface area contributed by atoms with Crippen LogP contribution in [0.25, 0.3) is 0 Å². The van der Waals surface area contributed by atoms with Crippen LogP contribution in [0.15, 0.2) is 0 Å². The molecule has 0 radical (unpaired) electrons. The standard InChI is InChI=1S/C5H11NO2.C3H3NO2.C3H6O3.3C2H4O2/c1-6(2,3)4-5(7)8;4-2-1-3(5)6;1-6-2-3(4)5;3*1-2(3)4/h4H2,1-3H3;1H2,(H,5,6);2H2,1H3,(H,4,5);3*1H3,(H,3,4)/p-5. The Balaban J connectivity index is -0.0000000649. The van der Waals surface area contributed by atoms with Crippen molar-refractivity contribution in [2.75, 3.05) is 41.4 Å². The van der Waals surface area contributed by atoms with Gasteiger partial charge in [-0.2, -0.15) is 5.26 Å². The van der Waals surface area contributed by atoms with E-state index in [2.05, 4.69) is 4.74 Å². The summed E-state index contributed by atoms with van der Waals surface area (Å²) in [7, 11) is 6.71. The van der Waals surface area contributed by atoms with Gasteiger partial charge in [0.05, 0.1) is 58.1 Å². The number of likely N-dealkylation sites (N-methyl/N-ethyl adjacent to an activating group) is 1. The summed E-state index contributed by atoms with van der Waals surface area (Å²) in [6, 6.07) is 1.41. The van der Waals surface area contributed by atoms with Crippen LogP contribution in [0.1, 0.15) is 27.2 Å². The summed E-state index contributed by atoms with van der Waals surface area (Å²) in [6.45, 7) is 2.67. The summed E-state index contributed by atoms with van der Waals surface area (Å²) in [4.78, 5) is 55.2. The number of nitrogens with zero attached hydrogens (tertiary/aromatic N) is 2. The number of quaternary nitrogens is 1. The topological polar surface area (TPSA) is 274 Å². The highest BCUT2D eigenvalue weighted by atomic mass is 16.5.